The minimum atomic E-state index is -1.82. The zero-order valence-electron chi connectivity index (χ0n) is 13.7. The normalized spacial score (nSPS) is 14.0. The van der Waals surface area contributed by atoms with Gasteiger partial charge in [0.25, 0.3) is 0 Å². The van der Waals surface area contributed by atoms with E-state index in [0.717, 1.165) is 24.9 Å². The lowest BCUT2D eigenvalue weighted by Gasteiger charge is -2.14. The van der Waals surface area contributed by atoms with Crippen LogP contribution in [0.25, 0.3) is 0 Å². The molecule has 1 aliphatic carbocycles. The van der Waals surface area contributed by atoms with E-state index in [1.54, 1.807) is 0 Å². The summed E-state index contributed by atoms with van der Waals surface area (Å²) in [4.78, 5) is 18.2. The molecule has 6 nitrogen and oxygen atoms in total. The first-order valence-corrected chi connectivity index (χ1v) is 7.80. The summed E-state index contributed by atoms with van der Waals surface area (Å²) in [7, 11) is 0. The molecular formula is C17H25NO5. The van der Waals surface area contributed by atoms with E-state index in [1.165, 1.54) is 36.8 Å². The molecule has 1 aromatic rings. The van der Waals surface area contributed by atoms with Gasteiger partial charge in [0.15, 0.2) is 0 Å². The van der Waals surface area contributed by atoms with Gasteiger partial charge in [-0.05, 0) is 37.8 Å². The van der Waals surface area contributed by atoms with Crippen molar-refractivity contribution in [2.45, 2.75) is 45.6 Å². The van der Waals surface area contributed by atoms with Crippen molar-refractivity contribution in [1.82, 2.24) is 5.32 Å². The fourth-order valence-electron chi connectivity index (χ4n) is 2.57. The summed E-state index contributed by atoms with van der Waals surface area (Å²) in [6.45, 7) is 5.93. The van der Waals surface area contributed by atoms with Crippen LogP contribution in [0.1, 0.15) is 36.8 Å². The Bertz CT molecular complexity index is 491. The monoisotopic (exact) mass is 323 g/mol. The lowest BCUT2D eigenvalue weighted by Crippen LogP contribution is -2.30. The fraction of sp³-hybridized carbons (Fsp3) is 0.529. The second kappa shape index (κ2) is 9.84. The maximum Gasteiger partial charge on any atom is 0.414 e. The molecule has 0 aromatic heterocycles. The van der Waals surface area contributed by atoms with Crippen molar-refractivity contribution < 1.29 is 24.5 Å². The molecule has 1 aliphatic rings. The van der Waals surface area contributed by atoms with Gasteiger partial charge in [0, 0.05) is 12.6 Å². The molecular weight excluding hydrogens is 298 g/mol. The molecule has 1 fully saturated rings. The third kappa shape index (κ3) is 7.15. The van der Waals surface area contributed by atoms with E-state index in [9.17, 15) is 0 Å². The molecule has 0 aliphatic heterocycles. The molecule has 2 rings (SSSR count). The molecule has 0 heterocycles. The van der Waals surface area contributed by atoms with Crippen LogP contribution in [0, 0.1) is 13.8 Å². The van der Waals surface area contributed by atoms with Gasteiger partial charge in [0.05, 0.1) is 0 Å². The molecule has 1 saturated carbocycles. The number of carbonyl (C=O) groups is 2. The highest BCUT2D eigenvalue weighted by atomic mass is 16.5. The summed E-state index contributed by atoms with van der Waals surface area (Å²) < 4.78 is 5.86. The van der Waals surface area contributed by atoms with Crippen LogP contribution >= 0.6 is 0 Å². The fourth-order valence-corrected chi connectivity index (χ4v) is 2.57. The molecule has 0 atom stereocenters. The molecule has 0 unspecified atom stereocenters. The Kier molecular flexibility index (Phi) is 8.11. The number of carboxylic acids is 2. The molecule has 0 bridgehead atoms. The van der Waals surface area contributed by atoms with Crippen molar-refractivity contribution in [2.24, 2.45) is 0 Å². The Morgan fingerprint density at radius 2 is 1.65 bits per heavy atom. The zero-order valence-corrected chi connectivity index (χ0v) is 13.7. The largest absolute Gasteiger partial charge is 0.492 e. The van der Waals surface area contributed by atoms with E-state index in [-0.39, 0.29) is 0 Å². The quantitative estimate of drug-likeness (QED) is 0.569. The minimum absolute atomic E-state index is 0.733. The van der Waals surface area contributed by atoms with Crippen LogP contribution in [0.4, 0.5) is 0 Å². The van der Waals surface area contributed by atoms with Crippen molar-refractivity contribution >= 4 is 11.9 Å². The smallest absolute Gasteiger partial charge is 0.414 e. The maximum atomic E-state index is 9.10. The lowest BCUT2D eigenvalue weighted by atomic mass is 10.1. The number of ether oxygens (including phenoxy) is 1. The number of hydrogen-bond acceptors (Lipinski definition) is 4. The topological polar surface area (TPSA) is 95.9 Å². The second-order valence-corrected chi connectivity index (χ2v) is 5.62. The molecule has 0 amide bonds. The van der Waals surface area contributed by atoms with Crippen LogP contribution in [0.2, 0.25) is 0 Å². The Morgan fingerprint density at radius 1 is 1.13 bits per heavy atom. The van der Waals surface area contributed by atoms with Crippen molar-refractivity contribution in [3.63, 3.8) is 0 Å². The Morgan fingerprint density at radius 3 is 2.13 bits per heavy atom. The van der Waals surface area contributed by atoms with Crippen molar-refractivity contribution in [1.29, 1.82) is 0 Å². The highest BCUT2D eigenvalue weighted by molar-refractivity contribution is 6.27. The van der Waals surface area contributed by atoms with Crippen LogP contribution in [-0.4, -0.2) is 41.3 Å². The van der Waals surface area contributed by atoms with Gasteiger partial charge in [0.2, 0.25) is 0 Å². The van der Waals surface area contributed by atoms with E-state index in [0.29, 0.717) is 0 Å². The van der Waals surface area contributed by atoms with Gasteiger partial charge in [-0.1, -0.05) is 31.0 Å². The number of rotatable bonds is 5. The van der Waals surface area contributed by atoms with Crippen LogP contribution in [0.3, 0.4) is 0 Å². The third-order valence-corrected chi connectivity index (χ3v) is 3.73. The number of benzene rings is 1. The maximum absolute atomic E-state index is 9.10. The van der Waals surface area contributed by atoms with Gasteiger partial charge in [-0.3, -0.25) is 0 Å². The Labute approximate surface area is 136 Å². The highest BCUT2D eigenvalue weighted by Crippen LogP contribution is 2.22. The average molecular weight is 323 g/mol. The number of hydrogen-bond donors (Lipinski definition) is 3. The summed E-state index contributed by atoms with van der Waals surface area (Å²) in [5.74, 6) is -2.59. The number of carboxylic acid groups (broad SMARTS) is 2. The van der Waals surface area contributed by atoms with Crippen molar-refractivity contribution in [3.8, 4) is 5.75 Å². The minimum Gasteiger partial charge on any atom is -0.492 e. The lowest BCUT2D eigenvalue weighted by molar-refractivity contribution is -0.159. The first-order chi connectivity index (χ1) is 10.9. The molecule has 3 N–H and O–H groups in total. The van der Waals surface area contributed by atoms with Crippen LogP contribution in [0.5, 0.6) is 5.75 Å². The summed E-state index contributed by atoms with van der Waals surface area (Å²) in [5.41, 5.74) is 2.46. The van der Waals surface area contributed by atoms with Crippen molar-refractivity contribution in [3.05, 3.63) is 29.3 Å². The second-order valence-electron chi connectivity index (χ2n) is 5.62. The standard InChI is InChI=1S/C15H23NO.C2H2O4/c1-12-6-5-7-13(2)15(12)17-11-10-16-14-8-3-4-9-14;3-1(4)2(5)6/h5-7,14,16H,3-4,8-11H2,1-2H3;(H,3,4)(H,5,6). The van der Waals surface area contributed by atoms with E-state index in [4.69, 9.17) is 24.5 Å². The molecule has 23 heavy (non-hydrogen) atoms. The molecule has 1 aromatic carbocycles. The van der Waals surface area contributed by atoms with E-state index in [2.05, 4.69) is 37.4 Å². The first kappa shape index (κ1) is 19.0. The van der Waals surface area contributed by atoms with E-state index >= 15 is 0 Å². The van der Waals surface area contributed by atoms with Gasteiger partial charge in [-0.15, -0.1) is 0 Å². The molecule has 0 saturated heterocycles. The van der Waals surface area contributed by atoms with E-state index < -0.39 is 11.9 Å². The SMILES string of the molecule is Cc1cccc(C)c1OCCNC1CCCC1.O=C(O)C(=O)O. The Balaban J connectivity index is 0.000000379. The number of nitrogens with one attached hydrogen (secondary N) is 1. The van der Waals surface area contributed by atoms with Crippen LogP contribution in [0.15, 0.2) is 18.2 Å². The summed E-state index contributed by atoms with van der Waals surface area (Å²) in [5, 5.41) is 18.3. The number of aliphatic carboxylic acids is 2. The van der Waals surface area contributed by atoms with Gasteiger partial charge in [-0.25, -0.2) is 9.59 Å². The predicted octanol–water partition coefficient (Wildman–Crippen LogP) is 2.37. The van der Waals surface area contributed by atoms with Gasteiger partial charge >= 0.3 is 11.9 Å². The number of para-hydroxylation sites is 1. The van der Waals surface area contributed by atoms with Gasteiger partial charge in [-0.2, -0.15) is 0 Å². The summed E-state index contributed by atoms with van der Waals surface area (Å²) in [6.07, 6.45) is 5.44. The van der Waals surface area contributed by atoms with Crippen LogP contribution in [-0.2, 0) is 9.59 Å². The predicted molar refractivity (Wildman–Crippen MR) is 86.9 cm³/mol. The van der Waals surface area contributed by atoms with Gasteiger partial charge < -0.3 is 20.3 Å². The number of aryl methyl sites for hydroxylation is 2. The molecule has 0 spiro atoms. The third-order valence-electron chi connectivity index (χ3n) is 3.73. The summed E-state index contributed by atoms with van der Waals surface area (Å²) in [6, 6.07) is 7.02. The molecule has 6 heteroatoms. The molecule has 128 valence electrons. The highest BCUT2D eigenvalue weighted by Gasteiger charge is 2.13. The first-order valence-electron chi connectivity index (χ1n) is 7.80. The summed E-state index contributed by atoms with van der Waals surface area (Å²) >= 11 is 0. The van der Waals surface area contributed by atoms with Crippen LogP contribution < -0.4 is 10.1 Å². The molecule has 0 radical (unpaired) electrons. The zero-order chi connectivity index (χ0) is 17.2. The van der Waals surface area contributed by atoms with Crippen molar-refractivity contribution in [2.75, 3.05) is 13.2 Å². The average Bonchev–Trinajstić information content (AvgIpc) is 3.00. The van der Waals surface area contributed by atoms with Gasteiger partial charge in [0.1, 0.15) is 12.4 Å². The Hall–Kier alpha value is -2.08. The van der Waals surface area contributed by atoms with E-state index in [1.807, 2.05) is 0 Å².